The number of halogens is 2. The maximum atomic E-state index is 14.1. The summed E-state index contributed by atoms with van der Waals surface area (Å²) in [4.78, 5) is 48.4. The lowest BCUT2D eigenvalue weighted by Crippen LogP contribution is -2.43. The minimum atomic E-state index is -0.638. The highest BCUT2D eigenvalue weighted by Crippen LogP contribution is 2.33. The molecule has 0 amide bonds. The molecule has 1 fully saturated rings. The third-order valence-corrected chi connectivity index (χ3v) is 7.80. The smallest absolute Gasteiger partial charge is 0.303 e. The predicted molar refractivity (Wildman–Crippen MR) is 145 cm³/mol. The van der Waals surface area contributed by atoms with E-state index in [2.05, 4.69) is 9.97 Å². The minimum Gasteiger partial charge on any atom is -0.303 e. The second-order valence-corrected chi connectivity index (χ2v) is 10.4. The van der Waals surface area contributed by atoms with E-state index in [0.717, 1.165) is 17.8 Å². The largest absolute Gasteiger partial charge is 0.332 e. The normalized spacial score (nSPS) is 17.4. The summed E-state index contributed by atoms with van der Waals surface area (Å²) in [5.41, 5.74) is 0.995. The second kappa shape index (κ2) is 10.6. The van der Waals surface area contributed by atoms with Crippen LogP contribution in [0.3, 0.4) is 0 Å². The molecule has 0 spiro atoms. The number of imidazole rings is 1. The summed E-state index contributed by atoms with van der Waals surface area (Å²) in [5.74, 6) is -1.11. The maximum Gasteiger partial charge on any atom is 0.332 e. The number of carbonyl (C=O) groups is 1. The van der Waals surface area contributed by atoms with E-state index in [4.69, 9.17) is 0 Å². The van der Waals surface area contributed by atoms with Crippen LogP contribution in [0.25, 0.3) is 16.7 Å². The van der Waals surface area contributed by atoms with E-state index >= 15 is 0 Å². The van der Waals surface area contributed by atoms with Gasteiger partial charge in [-0.05, 0) is 61.8 Å². The number of benzene rings is 1. The Labute approximate surface area is 227 Å². The van der Waals surface area contributed by atoms with Gasteiger partial charge in [0.1, 0.15) is 28.6 Å². The number of hydrogen-bond acceptors (Lipinski definition) is 5. The van der Waals surface area contributed by atoms with E-state index in [-0.39, 0.29) is 40.9 Å². The number of hydrogen-bond donors (Lipinski definition) is 0. The number of Topliss-reactive ketones (excluding diaryl/α,β-unsaturated/α-hetero) is 1. The van der Waals surface area contributed by atoms with Gasteiger partial charge in [0.15, 0.2) is 5.78 Å². The lowest BCUT2D eigenvalue weighted by molar-refractivity contribution is 0.0938. The molecule has 4 heterocycles. The second-order valence-electron chi connectivity index (χ2n) is 10.4. The van der Waals surface area contributed by atoms with Crippen LogP contribution >= 0.6 is 0 Å². The zero-order chi connectivity index (χ0) is 27.8. The first-order chi connectivity index (χ1) is 19.4. The third kappa shape index (κ3) is 4.97. The summed E-state index contributed by atoms with van der Waals surface area (Å²) < 4.78 is 31.8. The maximum absolute atomic E-state index is 14.1. The van der Waals surface area contributed by atoms with Crippen molar-refractivity contribution in [3.05, 3.63) is 111 Å². The number of aromatic nitrogens is 5. The lowest BCUT2D eigenvalue weighted by Gasteiger charge is -2.29. The van der Waals surface area contributed by atoms with E-state index < -0.39 is 22.9 Å². The Hall–Kier alpha value is -4.47. The van der Waals surface area contributed by atoms with Crippen molar-refractivity contribution in [1.29, 1.82) is 0 Å². The van der Waals surface area contributed by atoms with Gasteiger partial charge in [0.05, 0.1) is 11.6 Å². The first kappa shape index (κ1) is 25.8. The molecule has 0 bridgehead atoms. The Morgan fingerprint density at radius 1 is 0.950 bits per heavy atom. The first-order valence-electron chi connectivity index (χ1n) is 13.4. The Morgan fingerprint density at radius 3 is 2.50 bits per heavy atom. The number of ketones is 1. The van der Waals surface area contributed by atoms with Crippen LogP contribution in [-0.4, -0.2) is 29.3 Å². The van der Waals surface area contributed by atoms with Gasteiger partial charge in [0, 0.05) is 31.4 Å². The van der Waals surface area contributed by atoms with Crippen LogP contribution < -0.4 is 11.2 Å². The van der Waals surface area contributed by atoms with Gasteiger partial charge in [0.2, 0.25) is 0 Å². The molecular formula is C30H27F2N5O3. The van der Waals surface area contributed by atoms with Crippen LogP contribution in [-0.2, 0) is 13.0 Å². The lowest BCUT2D eigenvalue weighted by atomic mass is 9.82. The first-order valence-corrected chi connectivity index (χ1v) is 13.4. The number of rotatable bonds is 7. The molecule has 8 nitrogen and oxygen atoms in total. The van der Waals surface area contributed by atoms with Gasteiger partial charge in [-0.2, -0.15) is 0 Å². The number of pyridine rings is 2. The molecule has 5 aromatic rings. The van der Waals surface area contributed by atoms with Crippen molar-refractivity contribution in [3.63, 3.8) is 0 Å². The summed E-state index contributed by atoms with van der Waals surface area (Å²) in [6.07, 6.45) is 7.03. The van der Waals surface area contributed by atoms with Gasteiger partial charge in [-0.1, -0.05) is 30.3 Å². The van der Waals surface area contributed by atoms with Gasteiger partial charge >= 0.3 is 5.69 Å². The van der Waals surface area contributed by atoms with Gasteiger partial charge in [0.25, 0.3) is 5.56 Å². The average molecular weight is 544 g/mol. The molecule has 1 aliphatic carbocycles. The molecule has 10 heteroatoms. The van der Waals surface area contributed by atoms with Crippen molar-refractivity contribution in [1.82, 2.24) is 23.5 Å². The third-order valence-electron chi connectivity index (χ3n) is 7.80. The molecule has 0 radical (unpaired) electrons. The standard InChI is InChI=1S/C30H27F2N5O3/c31-21-8-11-27-34-25(18-35(27)17-21)26(38)14-20-6-9-23(10-7-20)37-29(39)24-15-22(32)16-33-28(24)36(30(37)40)13-12-19-4-2-1-3-5-19/h1-5,8,11,15-18,20,23H,6-7,9-10,12-14H2. The molecule has 204 valence electrons. The molecule has 0 unspecified atom stereocenters. The van der Waals surface area contributed by atoms with Crippen molar-refractivity contribution in [2.24, 2.45) is 5.92 Å². The van der Waals surface area contributed by atoms with E-state index in [1.54, 1.807) is 0 Å². The zero-order valence-corrected chi connectivity index (χ0v) is 21.7. The highest BCUT2D eigenvalue weighted by atomic mass is 19.1. The summed E-state index contributed by atoms with van der Waals surface area (Å²) in [5, 5.41) is 0.0771. The fraction of sp³-hybridized carbons (Fsp3) is 0.300. The van der Waals surface area contributed by atoms with Crippen molar-refractivity contribution in [2.45, 2.75) is 51.1 Å². The quantitative estimate of drug-likeness (QED) is 0.277. The monoisotopic (exact) mass is 543 g/mol. The van der Waals surface area contributed by atoms with E-state index in [0.29, 0.717) is 44.3 Å². The fourth-order valence-corrected chi connectivity index (χ4v) is 5.72. The van der Waals surface area contributed by atoms with Crippen LogP contribution in [0.15, 0.2) is 76.7 Å². The molecule has 0 saturated heterocycles. The Morgan fingerprint density at radius 2 is 1.73 bits per heavy atom. The molecule has 40 heavy (non-hydrogen) atoms. The van der Waals surface area contributed by atoms with Gasteiger partial charge in [-0.3, -0.25) is 18.7 Å². The summed E-state index contributed by atoms with van der Waals surface area (Å²) >= 11 is 0. The highest BCUT2D eigenvalue weighted by Gasteiger charge is 2.28. The molecule has 0 atom stereocenters. The Kier molecular flexibility index (Phi) is 6.83. The van der Waals surface area contributed by atoms with Crippen molar-refractivity contribution >= 4 is 22.5 Å². The number of nitrogens with zero attached hydrogens (tertiary/aromatic N) is 5. The molecule has 0 N–H and O–H groups in total. The molecule has 1 aromatic carbocycles. The summed E-state index contributed by atoms with van der Waals surface area (Å²) in [6, 6.07) is 13.3. The molecule has 0 aliphatic heterocycles. The number of carbonyl (C=O) groups excluding carboxylic acids is 1. The molecule has 6 rings (SSSR count). The number of aryl methyl sites for hydroxylation is 2. The SMILES string of the molecule is O=C(CC1CCC(n2c(=O)c3cc(F)cnc3n(CCc3ccccc3)c2=O)CC1)c1cn2cc(F)ccc2n1. The fourth-order valence-electron chi connectivity index (χ4n) is 5.72. The minimum absolute atomic E-state index is 0.0703. The predicted octanol–water partition coefficient (Wildman–Crippen LogP) is 4.73. The topological polar surface area (TPSA) is 91.3 Å². The zero-order valence-electron chi connectivity index (χ0n) is 21.7. The van der Waals surface area contributed by atoms with Crippen molar-refractivity contribution < 1.29 is 13.6 Å². The van der Waals surface area contributed by atoms with Crippen LogP contribution in [0, 0.1) is 17.6 Å². The molecule has 4 aromatic heterocycles. The van der Waals surface area contributed by atoms with Crippen LogP contribution in [0.2, 0.25) is 0 Å². The summed E-state index contributed by atoms with van der Waals surface area (Å²) in [7, 11) is 0. The van der Waals surface area contributed by atoms with Crippen LogP contribution in [0.1, 0.15) is 54.2 Å². The molecular weight excluding hydrogens is 516 g/mol. The molecule has 1 saturated carbocycles. The van der Waals surface area contributed by atoms with Crippen LogP contribution in [0.5, 0.6) is 0 Å². The van der Waals surface area contributed by atoms with Crippen LogP contribution in [0.4, 0.5) is 8.78 Å². The van der Waals surface area contributed by atoms with E-state index in [1.807, 2.05) is 30.3 Å². The van der Waals surface area contributed by atoms with Gasteiger partial charge in [-0.15, -0.1) is 0 Å². The Bertz CT molecular complexity index is 1840. The van der Waals surface area contributed by atoms with Gasteiger partial charge < -0.3 is 4.40 Å². The van der Waals surface area contributed by atoms with Crippen molar-refractivity contribution in [3.8, 4) is 0 Å². The van der Waals surface area contributed by atoms with E-state index in [9.17, 15) is 23.2 Å². The van der Waals surface area contributed by atoms with E-state index in [1.165, 1.54) is 38.1 Å². The summed E-state index contributed by atoms with van der Waals surface area (Å²) in [6.45, 7) is 0.297. The van der Waals surface area contributed by atoms with Gasteiger partial charge in [-0.25, -0.2) is 23.5 Å². The highest BCUT2D eigenvalue weighted by molar-refractivity contribution is 5.94. The Balaban J connectivity index is 1.22. The number of fused-ring (bicyclic) bond motifs is 2. The van der Waals surface area contributed by atoms with Crippen molar-refractivity contribution in [2.75, 3.05) is 0 Å². The molecule has 1 aliphatic rings. The average Bonchev–Trinajstić information content (AvgIpc) is 3.38.